The molecule has 0 unspecified atom stereocenters. The molecule has 0 saturated carbocycles. The molecule has 0 aliphatic heterocycles. The van der Waals surface area contributed by atoms with E-state index < -0.39 is 5.97 Å². The molecule has 2 aromatic heterocycles. The molecule has 2 rings (SSSR count). The van der Waals surface area contributed by atoms with Crippen LogP contribution in [0.1, 0.15) is 38.4 Å². The fourth-order valence-electron chi connectivity index (χ4n) is 1.84. The van der Waals surface area contributed by atoms with Crippen molar-refractivity contribution in [1.29, 1.82) is 0 Å². The number of rotatable bonds is 5. The summed E-state index contributed by atoms with van der Waals surface area (Å²) in [6.07, 6.45) is 1.63. The van der Waals surface area contributed by atoms with Crippen molar-refractivity contribution in [2.75, 3.05) is 19.1 Å². The highest BCUT2D eigenvalue weighted by Crippen LogP contribution is 2.28. The largest absolute Gasteiger partial charge is 0.469 e. The summed E-state index contributed by atoms with van der Waals surface area (Å²) >= 11 is 1.18. The van der Waals surface area contributed by atoms with Gasteiger partial charge in [0.1, 0.15) is 10.6 Å². The molecule has 0 aliphatic rings. The number of thiazole rings is 1. The molecule has 0 aliphatic carbocycles. The summed E-state index contributed by atoms with van der Waals surface area (Å²) in [5.41, 5.74) is 1.09. The highest BCUT2D eigenvalue weighted by atomic mass is 32.1. The Morgan fingerprint density at radius 2 is 2.19 bits per heavy atom. The van der Waals surface area contributed by atoms with Gasteiger partial charge in [0.05, 0.1) is 13.4 Å². The van der Waals surface area contributed by atoms with E-state index in [1.54, 1.807) is 6.26 Å². The number of hydrogen-bond donors (Lipinski definition) is 0. The summed E-state index contributed by atoms with van der Waals surface area (Å²) in [6, 6.07) is 1.88. The highest BCUT2D eigenvalue weighted by molar-refractivity contribution is 7.17. The predicted octanol–water partition coefficient (Wildman–Crippen LogP) is 2.67. The lowest BCUT2D eigenvalue weighted by atomic mass is 10.2. The molecule has 0 bridgehead atoms. The van der Waals surface area contributed by atoms with Crippen LogP contribution in [0.25, 0.3) is 0 Å². The van der Waals surface area contributed by atoms with Crippen LogP contribution in [0.2, 0.25) is 0 Å². The number of hydrogen-bond acceptors (Lipinski definition) is 7. The average molecular weight is 308 g/mol. The van der Waals surface area contributed by atoms with Crippen molar-refractivity contribution in [3.05, 3.63) is 34.2 Å². The van der Waals surface area contributed by atoms with E-state index in [-0.39, 0.29) is 11.5 Å². The van der Waals surface area contributed by atoms with E-state index >= 15 is 0 Å². The third kappa shape index (κ3) is 3.13. The standard InChI is InChI=1S/C14H16N2O4S/c1-8(17)12-11(13(18)19-4)15-14(21-12)16(3)7-10-5-6-20-9(10)2/h5-6H,7H2,1-4H3. The number of methoxy groups -OCH3 is 1. The molecule has 0 N–H and O–H groups in total. The average Bonchev–Trinajstić information content (AvgIpc) is 3.05. The first-order chi connectivity index (χ1) is 9.93. The molecule has 7 heteroatoms. The van der Waals surface area contributed by atoms with Gasteiger partial charge < -0.3 is 14.1 Å². The Morgan fingerprint density at radius 3 is 2.71 bits per heavy atom. The van der Waals surface area contributed by atoms with Crippen LogP contribution in [-0.4, -0.2) is 30.9 Å². The van der Waals surface area contributed by atoms with Gasteiger partial charge in [0.15, 0.2) is 16.6 Å². The first-order valence-electron chi connectivity index (χ1n) is 6.28. The van der Waals surface area contributed by atoms with Crippen molar-refractivity contribution in [3.8, 4) is 0 Å². The molecule has 0 amide bonds. The second-order valence-electron chi connectivity index (χ2n) is 4.58. The number of carbonyl (C=O) groups is 2. The second kappa shape index (κ2) is 6.09. The Hall–Kier alpha value is -2.15. The molecule has 0 fully saturated rings. The number of nitrogens with zero attached hydrogens (tertiary/aromatic N) is 2. The number of esters is 1. The molecule has 21 heavy (non-hydrogen) atoms. The summed E-state index contributed by atoms with van der Waals surface area (Å²) in [5.74, 6) is 0.0287. The van der Waals surface area contributed by atoms with Crippen LogP contribution in [0.5, 0.6) is 0 Å². The second-order valence-corrected chi connectivity index (χ2v) is 5.56. The van der Waals surface area contributed by atoms with Crippen molar-refractivity contribution in [2.45, 2.75) is 20.4 Å². The van der Waals surface area contributed by atoms with Crippen molar-refractivity contribution < 1.29 is 18.7 Å². The van der Waals surface area contributed by atoms with Crippen molar-refractivity contribution in [2.24, 2.45) is 0 Å². The normalized spacial score (nSPS) is 10.5. The van der Waals surface area contributed by atoms with E-state index in [9.17, 15) is 9.59 Å². The van der Waals surface area contributed by atoms with Crippen molar-refractivity contribution >= 4 is 28.2 Å². The van der Waals surface area contributed by atoms with Crippen molar-refractivity contribution in [1.82, 2.24) is 4.98 Å². The third-order valence-corrected chi connectivity index (χ3v) is 4.29. The molecular formula is C14H16N2O4S. The monoisotopic (exact) mass is 308 g/mol. The van der Waals surface area contributed by atoms with Crippen LogP contribution >= 0.6 is 11.3 Å². The molecule has 0 aromatic carbocycles. The van der Waals surface area contributed by atoms with Gasteiger partial charge in [-0.15, -0.1) is 0 Å². The molecule has 0 radical (unpaired) electrons. The fourth-order valence-corrected chi connectivity index (χ4v) is 2.75. The SMILES string of the molecule is COC(=O)c1nc(N(C)Cc2ccoc2C)sc1C(C)=O. The third-order valence-electron chi connectivity index (χ3n) is 3.01. The van der Waals surface area contributed by atoms with Crippen LogP contribution in [0.3, 0.4) is 0 Å². The van der Waals surface area contributed by atoms with Gasteiger partial charge in [0.25, 0.3) is 0 Å². The van der Waals surface area contributed by atoms with E-state index in [1.807, 2.05) is 24.9 Å². The van der Waals surface area contributed by atoms with E-state index in [1.165, 1.54) is 25.4 Å². The zero-order valence-electron chi connectivity index (χ0n) is 12.3. The Balaban J connectivity index is 2.29. The molecule has 112 valence electrons. The number of aromatic nitrogens is 1. The number of aryl methyl sites for hydroxylation is 1. The minimum absolute atomic E-state index is 0.0702. The van der Waals surface area contributed by atoms with Crippen LogP contribution in [0.4, 0.5) is 5.13 Å². The number of carbonyl (C=O) groups excluding carboxylic acids is 2. The first-order valence-corrected chi connectivity index (χ1v) is 7.10. The number of Topliss-reactive ketones (excluding diaryl/α,β-unsaturated/α-hetero) is 1. The zero-order chi connectivity index (χ0) is 15.6. The van der Waals surface area contributed by atoms with Crippen LogP contribution < -0.4 is 4.90 Å². The lowest BCUT2D eigenvalue weighted by molar-refractivity contribution is 0.0591. The quantitative estimate of drug-likeness (QED) is 0.624. The summed E-state index contributed by atoms with van der Waals surface area (Å²) < 4.78 is 9.92. The van der Waals surface area contributed by atoms with E-state index in [0.29, 0.717) is 16.6 Å². The van der Waals surface area contributed by atoms with Crippen LogP contribution in [-0.2, 0) is 11.3 Å². The van der Waals surface area contributed by atoms with E-state index in [0.717, 1.165) is 11.3 Å². The summed E-state index contributed by atoms with van der Waals surface area (Å²) in [5, 5.41) is 0.584. The number of anilines is 1. The minimum Gasteiger partial charge on any atom is -0.469 e. The van der Waals surface area contributed by atoms with Gasteiger partial charge in [-0.1, -0.05) is 11.3 Å². The zero-order valence-corrected chi connectivity index (χ0v) is 13.1. The maximum Gasteiger partial charge on any atom is 0.358 e. The lowest BCUT2D eigenvalue weighted by Crippen LogP contribution is -2.16. The molecule has 0 saturated heterocycles. The van der Waals surface area contributed by atoms with Crippen molar-refractivity contribution in [3.63, 3.8) is 0 Å². The highest BCUT2D eigenvalue weighted by Gasteiger charge is 2.23. The first kappa shape index (κ1) is 15.2. The summed E-state index contributed by atoms with van der Waals surface area (Å²) in [6.45, 7) is 3.86. The van der Waals surface area contributed by atoms with Crippen LogP contribution in [0, 0.1) is 6.92 Å². The Labute approximate surface area is 126 Å². The van der Waals surface area contributed by atoms with E-state index in [2.05, 4.69) is 9.72 Å². The summed E-state index contributed by atoms with van der Waals surface area (Å²) in [7, 11) is 3.11. The Kier molecular flexibility index (Phi) is 4.42. The predicted molar refractivity (Wildman–Crippen MR) is 79.0 cm³/mol. The molecule has 2 heterocycles. The van der Waals surface area contributed by atoms with E-state index in [4.69, 9.17) is 4.42 Å². The lowest BCUT2D eigenvalue weighted by Gasteiger charge is -2.14. The van der Waals surface area contributed by atoms with Gasteiger partial charge in [0, 0.05) is 26.1 Å². The summed E-state index contributed by atoms with van der Waals surface area (Å²) in [4.78, 5) is 29.7. The van der Waals surface area contributed by atoms with Gasteiger partial charge in [-0.3, -0.25) is 4.79 Å². The topological polar surface area (TPSA) is 72.6 Å². The van der Waals surface area contributed by atoms with Gasteiger partial charge in [-0.2, -0.15) is 0 Å². The maximum atomic E-state index is 11.7. The van der Waals surface area contributed by atoms with Gasteiger partial charge >= 0.3 is 5.97 Å². The molecule has 0 atom stereocenters. The molecule has 0 spiro atoms. The molecular weight excluding hydrogens is 292 g/mol. The van der Waals surface area contributed by atoms with Gasteiger partial charge in [-0.25, -0.2) is 9.78 Å². The number of furan rings is 1. The Bertz CT molecular complexity index is 674. The van der Waals surface area contributed by atoms with Gasteiger partial charge in [0.2, 0.25) is 0 Å². The minimum atomic E-state index is -0.601. The van der Waals surface area contributed by atoms with Crippen LogP contribution in [0.15, 0.2) is 16.7 Å². The fraction of sp³-hybridized carbons (Fsp3) is 0.357. The molecule has 6 nitrogen and oxygen atoms in total. The maximum absolute atomic E-state index is 11.7. The Morgan fingerprint density at radius 1 is 1.48 bits per heavy atom. The number of ketones is 1. The molecule has 2 aromatic rings. The number of ether oxygens (including phenoxy) is 1. The van der Waals surface area contributed by atoms with Gasteiger partial charge in [-0.05, 0) is 13.0 Å². The smallest absolute Gasteiger partial charge is 0.358 e.